The highest BCUT2D eigenvalue weighted by molar-refractivity contribution is 7.15. The predicted octanol–water partition coefficient (Wildman–Crippen LogP) is 1.49. The molecular formula is C10H9N3OS. The molecule has 2 rings (SSSR count). The van der Waals surface area contributed by atoms with Crippen LogP contribution in [0.2, 0.25) is 0 Å². The fourth-order valence-electron chi connectivity index (χ4n) is 1.34. The van der Waals surface area contributed by atoms with Crippen molar-refractivity contribution in [2.24, 2.45) is 5.73 Å². The van der Waals surface area contributed by atoms with Crippen molar-refractivity contribution in [2.75, 3.05) is 5.73 Å². The van der Waals surface area contributed by atoms with E-state index in [4.69, 9.17) is 11.5 Å². The van der Waals surface area contributed by atoms with Gasteiger partial charge in [0.2, 0.25) is 0 Å². The predicted molar refractivity (Wildman–Crippen MR) is 60.5 cm³/mol. The molecule has 0 aliphatic carbocycles. The molecule has 0 unspecified atom stereocenters. The van der Waals surface area contributed by atoms with E-state index in [1.165, 1.54) is 11.3 Å². The number of carbonyl (C=O) groups excluding carboxylic acids is 1. The summed E-state index contributed by atoms with van der Waals surface area (Å²) in [6.45, 7) is 0. The van der Waals surface area contributed by atoms with E-state index in [9.17, 15) is 4.79 Å². The Bertz CT molecular complexity index is 493. The van der Waals surface area contributed by atoms with Crippen molar-refractivity contribution in [3.05, 3.63) is 35.3 Å². The number of thiophene rings is 1. The second-order valence-electron chi connectivity index (χ2n) is 2.97. The number of primary amides is 1. The summed E-state index contributed by atoms with van der Waals surface area (Å²) in [5, 5.41) is 2.22. The highest BCUT2D eigenvalue weighted by atomic mass is 32.1. The van der Waals surface area contributed by atoms with Gasteiger partial charge in [-0.2, -0.15) is 0 Å². The van der Waals surface area contributed by atoms with E-state index < -0.39 is 5.91 Å². The minimum absolute atomic E-state index is 0.360. The van der Waals surface area contributed by atoms with Crippen LogP contribution in [0.25, 0.3) is 11.3 Å². The lowest BCUT2D eigenvalue weighted by atomic mass is 10.1. The number of carbonyl (C=O) groups is 1. The zero-order valence-electron chi connectivity index (χ0n) is 7.81. The summed E-state index contributed by atoms with van der Waals surface area (Å²) in [6, 6.07) is 5.47. The van der Waals surface area contributed by atoms with Gasteiger partial charge >= 0.3 is 0 Å². The number of rotatable bonds is 2. The zero-order valence-corrected chi connectivity index (χ0v) is 8.62. The van der Waals surface area contributed by atoms with Gasteiger partial charge in [-0.3, -0.25) is 9.78 Å². The maximum Gasteiger partial charge on any atom is 0.252 e. The Morgan fingerprint density at radius 2 is 2.20 bits per heavy atom. The van der Waals surface area contributed by atoms with Gasteiger partial charge < -0.3 is 11.5 Å². The second kappa shape index (κ2) is 3.70. The molecule has 4 N–H and O–H groups in total. The number of hydrogen-bond donors (Lipinski definition) is 2. The minimum atomic E-state index is -0.519. The second-order valence-corrected chi connectivity index (χ2v) is 3.88. The van der Waals surface area contributed by atoms with Crippen molar-refractivity contribution >= 4 is 22.2 Å². The van der Waals surface area contributed by atoms with Gasteiger partial charge in [0, 0.05) is 17.1 Å². The van der Waals surface area contributed by atoms with Crippen molar-refractivity contribution in [1.29, 1.82) is 0 Å². The van der Waals surface area contributed by atoms with E-state index in [0.717, 1.165) is 0 Å². The lowest BCUT2D eigenvalue weighted by Crippen LogP contribution is -2.13. The number of amides is 1. The molecule has 0 atom stereocenters. The Balaban J connectivity index is 2.59. The molecule has 15 heavy (non-hydrogen) atoms. The van der Waals surface area contributed by atoms with Gasteiger partial charge in [0.15, 0.2) is 0 Å². The Labute approximate surface area is 90.6 Å². The molecule has 4 nitrogen and oxygen atoms in total. The largest absolute Gasteiger partial charge is 0.390 e. The van der Waals surface area contributed by atoms with E-state index in [1.54, 1.807) is 11.6 Å². The quantitative estimate of drug-likeness (QED) is 0.802. The van der Waals surface area contributed by atoms with Gasteiger partial charge in [0.1, 0.15) is 0 Å². The van der Waals surface area contributed by atoms with Crippen LogP contribution in [0.4, 0.5) is 5.00 Å². The molecule has 0 saturated carbocycles. The van der Waals surface area contributed by atoms with Crippen LogP contribution in [0.1, 0.15) is 10.4 Å². The molecule has 0 saturated heterocycles. The first-order valence-corrected chi connectivity index (χ1v) is 5.16. The van der Waals surface area contributed by atoms with E-state index in [0.29, 0.717) is 21.8 Å². The first-order valence-electron chi connectivity index (χ1n) is 4.28. The number of nitrogens with two attached hydrogens (primary N) is 2. The zero-order chi connectivity index (χ0) is 10.8. The average molecular weight is 219 g/mol. The maximum atomic E-state index is 11.2. The molecule has 5 heteroatoms. The molecule has 0 aliphatic heterocycles. The van der Waals surface area contributed by atoms with Gasteiger partial charge in [0.25, 0.3) is 5.91 Å². The summed E-state index contributed by atoms with van der Waals surface area (Å²) in [5.41, 5.74) is 12.7. The number of anilines is 1. The Kier molecular flexibility index (Phi) is 2.39. The molecule has 0 spiro atoms. The van der Waals surface area contributed by atoms with Gasteiger partial charge in [-0.05, 0) is 12.1 Å². The van der Waals surface area contributed by atoms with Crippen molar-refractivity contribution in [3.63, 3.8) is 0 Å². The minimum Gasteiger partial charge on any atom is -0.390 e. The molecule has 0 bridgehead atoms. The first-order chi connectivity index (χ1) is 7.20. The first kappa shape index (κ1) is 9.67. The molecule has 2 heterocycles. The van der Waals surface area contributed by atoms with Gasteiger partial charge in [-0.15, -0.1) is 11.3 Å². The fraction of sp³-hybridized carbons (Fsp3) is 0. The number of hydrogen-bond acceptors (Lipinski definition) is 4. The summed E-state index contributed by atoms with van der Waals surface area (Å²) >= 11 is 1.29. The molecular weight excluding hydrogens is 210 g/mol. The van der Waals surface area contributed by atoms with E-state index in [1.807, 2.05) is 18.2 Å². The number of nitrogens with zero attached hydrogens (tertiary/aromatic N) is 1. The molecule has 2 aromatic rings. The smallest absolute Gasteiger partial charge is 0.252 e. The van der Waals surface area contributed by atoms with Crippen LogP contribution < -0.4 is 11.5 Å². The van der Waals surface area contributed by atoms with Crippen LogP contribution in [0, 0.1) is 0 Å². The summed E-state index contributed by atoms with van der Waals surface area (Å²) in [4.78, 5) is 15.3. The molecule has 0 aromatic carbocycles. The normalized spacial score (nSPS) is 10.1. The molecule has 0 radical (unpaired) electrons. The molecule has 0 aliphatic rings. The van der Waals surface area contributed by atoms with Crippen LogP contribution in [-0.2, 0) is 0 Å². The monoisotopic (exact) mass is 219 g/mol. The van der Waals surface area contributed by atoms with Crippen LogP contribution in [-0.4, -0.2) is 10.9 Å². The third-order valence-electron chi connectivity index (χ3n) is 2.01. The standard InChI is InChI=1S/C10H9N3OS/c11-9(14)8-6(5-15-10(8)12)7-3-1-2-4-13-7/h1-5H,12H2,(H2,11,14). The van der Waals surface area contributed by atoms with Crippen LogP contribution in [0.15, 0.2) is 29.8 Å². The Morgan fingerprint density at radius 3 is 2.80 bits per heavy atom. The molecule has 1 amide bonds. The molecule has 2 aromatic heterocycles. The van der Waals surface area contributed by atoms with Crippen molar-refractivity contribution in [2.45, 2.75) is 0 Å². The lowest BCUT2D eigenvalue weighted by Gasteiger charge is -2.00. The topological polar surface area (TPSA) is 82.0 Å². The maximum absolute atomic E-state index is 11.2. The van der Waals surface area contributed by atoms with Crippen molar-refractivity contribution in [1.82, 2.24) is 4.98 Å². The Morgan fingerprint density at radius 1 is 1.40 bits per heavy atom. The van der Waals surface area contributed by atoms with Crippen LogP contribution in [0.3, 0.4) is 0 Å². The third kappa shape index (κ3) is 1.69. The van der Waals surface area contributed by atoms with Gasteiger partial charge in [-0.25, -0.2) is 0 Å². The molecule has 0 fully saturated rings. The average Bonchev–Trinajstić information content (AvgIpc) is 2.61. The third-order valence-corrected chi connectivity index (χ3v) is 2.82. The fourth-order valence-corrected chi connectivity index (χ4v) is 2.15. The SMILES string of the molecule is NC(=O)c1c(-c2ccccn2)csc1N. The summed E-state index contributed by atoms with van der Waals surface area (Å²) < 4.78 is 0. The van der Waals surface area contributed by atoms with Gasteiger partial charge in [0.05, 0.1) is 16.3 Å². The number of aromatic nitrogens is 1. The van der Waals surface area contributed by atoms with Crippen molar-refractivity contribution in [3.8, 4) is 11.3 Å². The number of pyridine rings is 1. The number of nitrogen functional groups attached to an aromatic ring is 1. The van der Waals surface area contributed by atoms with Gasteiger partial charge in [-0.1, -0.05) is 6.07 Å². The molecule has 76 valence electrons. The van der Waals surface area contributed by atoms with E-state index in [2.05, 4.69) is 4.98 Å². The van der Waals surface area contributed by atoms with E-state index >= 15 is 0 Å². The lowest BCUT2D eigenvalue weighted by molar-refractivity contribution is 0.100. The highest BCUT2D eigenvalue weighted by Gasteiger charge is 2.16. The summed E-state index contributed by atoms with van der Waals surface area (Å²) in [6.07, 6.45) is 1.66. The van der Waals surface area contributed by atoms with E-state index in [-0.39, 0.29) is 0 Å². The summed E-state index contributed by atoms with van der Waals surface area (Å²) in [7, 11) is 0. The van der Waals surface area contributed by atoms with Crippen LogP contribution in [0.5, 0.6) is 0 Å². The highest BCUT2D eigenvalue weighted by Crippen LogP contribution is 2.31. The van der Waals surface area contributed by atoms with Crippen LogP contribution >= 0.6 is 11.3 Å². The Hall–Kier alpha value is -1.88. The van der Waals surface area contributed by atoms with Crippen molar-refractivity contribution < 1.29 is 4.79 Å². The summed E-state index contributed by atoms with van der Waals surface area (Å²) in [5.74, 6) is -0.519.